The number of amides is 1. The smallest absolute Gasteiger partial charge is 0.239 e. The highest BCUT2D eigenvalue weighted by molar-refractivity contribution is 6.31. The summed E-state index contributed by atoms with van der Waals surface area (Å²) in [4.78, 5) is 15.1. The maximum Gasteiger partial charge on any atom is 0.239 e. The number of fused-ring (bicyclic) bond motifs is 2. The minimum absolute atomic E-state index is 0.0883. The Morgan fingerprint density at radius 2 is 2.04 bits per heavy atom. The van der Waals surface area contributed by atoms with Gasteiger partial charge in [0.2, 0.25) is 5.91 Å². The molecular formula is C20H26ClN3O. The van der Waals surface area contributed by atoms with Crippen LogP contribution in [0.5, 0.6) is 0 Å². The third-order valence-corrected chi connectivity index (χ3v) is 6.08. The molecule has 4 rings (SSSR count). The van der Waals surface area contributed by atoms with E-state index in [4.69, 9.17) is 11.6 Å². The highest BCUT2D eigenvalue weighted by atomic mass is 35.5. The number of hydrogen-bond acceptors (Lipinski definition) is 2. The molecule has 1 aromatic carbocycles. The summed E-state index contributed by atoms with van der Waals surface area (Å²) in [7, 11) is 0. The number of carbonyl (C=O) groups excluding carboxylic acids is 1. The highest BCUT2D eigenvalue weighted by Crippen LogP contribution is 2.30. The van der Waals surface area contributed by atoms with Gasteiger partial charge in [-0.05, 0) is 68.3 Å². The van der Waals surface area contributed by atoms with E-state index in [1.807, 2.05) is 35.0 Å². The Balaban J connectivity index is 1.36. The summed E-state index contributed by atoms with van der Waals surface area (Å²) in [6.07, 6.45) is 8.42. The first kappa shape index (κ1) is 16.9. The van der Waals surface area contributed by atoms with E-state index in [0.717, 1.165) is 17.4 Å². The van der Waals surface area contributed by atoms with Gasteiger partial charge in [-0.1, -0.05) is 24.1 Å². The number of piperidine rings is 2. The second-order valence-corrected chi connectivity index (χ2v) is 7.89. The molecule has 0 spiro atoms. The third kappa shape index (κ3) is 3.70. The molecule has 2 fully saturated rings. The Labute approximate surface area is 154 Å². The van der Waals surface area contributed by atoms with Crippen molar-refractivity contribution in [3.05, 3.63) is 35.5 Å². The number of carbonyl (C=O) groups is 1. The number of rotatable bonds is 4. The Hall–Kier alpha value is -1.52. The zero-order valence-corrected chi connectivity index (χ0v) is 15.3. The van der Waals surface area contributed by atoms with Crippen LogP contribution in [-0.4, -0.2) is 41.1 Å². The topological polar surface area (TPSA) is 37.3 Å². The molecule has 2 aliphatic rings. The molecule has 2 unspecified atom stereocenters. The van der Waals surface area contributed by atoms with Crippen LogP contribution in [0.25, 0.3) is 10.9 Å². The minimum Gasteiger partial charge on any atom is -0.354 e. The van der Waals surface area contributed by atoms with Gasteiger partial charge in [-0.2, -0.15) is 0 Å². The summed E-state index contributed by atoms with van der Waals surface area (Å²) in [5.74, 6) is 0.694. The molecular weight excluding hydrogens is 334 g/mol. The van der Waals surface area contributed by atoms with Gasteiger partial charge in [0, 0.05) is 29.3 Å². The van der Waals surface area contributed by atoms with Crippen LogP contribution in [0.15, 0.2) is 30.5 Å². The SMILES string of the molecule is O=C(Cn1ccc2ccc(Cl)cc21)NCC1CCCN2CCCCC12. The molecule has 0 bridgehead atoms. The van der Waals surface area contributed by atoms with E-state index in [-0.39, 0.29) is 5.91 Å². The molecule has 25 heavy (non-hydrogen) atoms. The molecule has 2 saturated heterocycles. The van der Waals surface area contributed by atoms with Crippen molar-refractivity contribution in [2.24, 2.45) is 5.92 Å². The molecule has 1 aromatic heterocycles. The van der Waals surface area contributed by atoms with Crippen LogP contribution in [0.4, 0.5) is 0 Å². The average molecular weight is 360 g/mol. The quantitative estimate of drug-likeness (QED) is 0.904. The van der Waals surface area contributed by atoms with Crippen LogP contribution >= 0.6 is 11.6 Å². The van der Waals surface area contributed by atoms with Crippen LogP contribution in [0.2, 0.25) is 5.02 Å². The van der Waals surface area contributed by atoms with Crippen molar-refractivity contribution in [1.82, 2.24) is 14.8 Å². The minimum atomic E-state index is 0.0883. The molecule has 134 valence electrons. The summed E-state index contributed by atoms with van der Waals surface area (Å²) >= 11 is 6.09. The number of nitrogens with zero attached hydrogens (tertiary/aromatic N) is 2. The molecule has 3 heterocycles. The average Bonchev–Trinajstić information content (AvgIpc) is 3.02. The van der Waals surface area contributed by atoms with Crippen LogP contribution in [0.1, 0.15) is 32.1 Å². The van der Waals surface area contributed by atoms with E-state index in [1.54, 1.807) is 0 Å². The maximum absolute atomic E-state index is 12.5. The monoisotopic (exact) mass is 359 g/mol. The standard InChI is InChI=1S/C20H26ClN3O/c21-17-7-6-15-8-11-24(19(15)12-17)14-20(25)22-13-16-4-3-10-23-9-2-1-5-18(16)23/h6-8,11-12,16,18H,1-5,9-10,13-14H2,(H,22,25). The Bertz CT molecular complexity index is 754. The summed E-state index contributed by atoms with van der Waals surface area (Å²) in [5.41, 5.74) is 1.01. The fourth-order valence-corrected chi connectivity index (χ4v) is 4.73. The van der Waals surface area contributed by atoms with E-state index in [1.165, 1.54) is 45.2 Å². The second kappa shape index (κ2) is 7.38. The van der Waals surface area contributed by atoms with Gasteiger partial charge in [0.05, 0.1) is 0 Å². The lowest BCUT2D eigenvalue weighted by molar-refractivity contribution is -0.122. The Morgan fingerprint density at radius 3 is 2.96 bits per heavy atom. The van der Waals surface area contributed by atoms with E-state index in [0.29, 0.717) is 23.5 Å². The van der Waals surface area contributed by atoms with Gasteiger partial charge in [-0.25, -0.2) is 0 Å². The van der Waals surface area contributed by atoms with Gasteiger partial charge >= 0.3 is 0 Å². The molecule has 4 nitrogen and oxygen atoms in total. The Morgan fingerprint density at radius 1 is 1.16 bits per heavy atom. The number of halogens is 1. The normalized spacial score (nSPS) is 24.2. The third-order valence-electron chi connectivity index (χ3n) is 5.84. The van der Waals surface area contributed by atoms with E-state index in [2.05, 4.69) is 10.2 Å². The van der Waals surface area contributed by atoms with E-state index < -0.39 is 0 Å². The first-order valence-electron chi connectivity index (χ1n) is 9.46. The first-order chi connectivity index (χ1) is 12.2. The summed E-state index contributed by atoms with van der Waals surface area (Å²) in [5, 5.41) is 5.00. The largest absolute Gasteiger partial charge is 0.354 e. The molecule has 2 aliphatic heterocycles. The number of aromatic nitrogens is 1. The van der Waals surface area contributed by atoms with Crippen molar-refractivity contribution < 1.29 is 4.79 Å². The van der Waals surface area contributed by atoms with Crippen molar-refractivity contribution in [3.8, 4) is 0 Å². The van der Waals surface area contributed by atoms with Gasteiger partial charge in [0.25, 0.3) is 0 Å². The fraction of sp³-hybridized carbons (Fsp3) is 0.550. The molecule has 1 amide bonds. The van der Waals surface area contributed by atoms with Crippen molar-refractivity contribution in [2.45, 2.75) is 44.7 Å². The summed E-state index contributed by atoms with van der Waals surface area (Å²) in [6.45, 7) is 3.64. The lowest BCUT2D eigenvalue weighted by Crippen LogP contribution is -2.51. The van der Waals surface area contributed by atoms with E-state index in [9.17, 15) is 4.79 Å². The van der Waals surface area contributed by atoms with Crippen molar-refractivity contribution in [2.75, 3.05) is 19.6 Å². The van der Waals surface area contributed by atoms with E-state index >= 15 is 0 Å². The fourth-order valence-electron chi connectivity index (χ4n) is 4.57. The van der Waals surface area contributed by atoms with Gasteiger partial charge in [0.15, 0.2) is 0 Å². The van der Waals surface area contributed by atoms with Crippen LogP contribution in [0, 0.1) is 5.92 Å². The van der Waals surface area contributed by atoms with Crippen LogP contribution in [0.3, 0.4) is 0 Å². The predicted octanol–water partition coefficient (Wildman–Crippen LogP) is 3.68. The van der Waals surface area contributed by atoms with Crippen molar-refractivity contribution >= 4 is 28.4 Å². The zero-order valence-electron chi connectivity index (χ0n) is 14.6. The molecule has 2 aromatic rings. The number of hydrogen-bond donors (Lipinski definition) is 1. The lowest BCUT2D eigenvalue weighted by atomic mass is 9.83. The lowest BCUT2D eigenvalue weighted by Gasteiger charge is -2.44. The summed E-state index contributed by atoms with van der Waals surface area (Å²) < 4.78 is 1.98. The zero-order chi connectivity index (χ0) is 17.2. The number of nitrogens with one attached hydrogen (secondary N) is 1. The van der Waals surface area contributed by atoms with Crippen LogP contribution < -0.4 is 5.32 Å². The molecule has 0 saturated carbocycles. The summed E-state index contributed by atoms with van der Waals surface area (Å²) in [6, 6.07) is 8.50. The predicted molar refractivity (Wildman–Crippen MR) is 102 cm³/mol. The van der Waals surface area contributed by atoms with Crippen LogP contribution in [-0.2, 0) is 11.3 Å². The maximum atomic E-state index is 12.5. The van der Waals surface area contributed by atoms with Crippen molar-refractivity contribution in [3.63, 3.8) is 0 Å². The van der Waals surface area contributed by atoms with Gasteiger partial charge in [0.1, 0.15) is 6.54 Å². The molecule has 2 atom stereocenters. The molecule has 0 radical (unpaired) electrons. The highest BCUT2D eigenvalue weighted by Gasteiger charge is 2.32. The van der Waals surface area contributed by atoms with Gasteiger partial charge in [-0.3, -0.25) is 4.79 Å². The second-order valence-electron chi connectivity index (χ2n) is 7.45. The number of benzene rings is 1. The Kier molecular flexibility index (Phi) is 5.00. The first-order valence-corrected chi connectivity index (χ1v) is 9.83. The van der Waals surface area contributed by atoms with Gasteiger partial charge < -0.3 is 14.8 Å². The van der Waals surface area contributed by atoms with Crippen molar-refractivity contribution in [1.29, 1.82) is 0 Å². The molecule has 1 N–H and O–H groups in total. The van der Waals surface area contributed by atoms with Gasteiger partial charge in [-0.15, -0.1) is 0 Å². The molecule has 0 aliphatic carbocycles. The molecule has 5 heteroatoms.